The first-order chi connectivity index (χ1) is 12.3. The van der Waals surface area contributed by atoms with Crippen LogP contribution in [-0.4, -0.2) is 5.91 Å². The molecule has 1 amide bonds. The molecule has 0 fully saturated rings. The molecule has 0 saturated heterocycles. The highest BCUT2D eigenvalue weighted by atomic mass is 19.4. The number of hydrogen-bond acceptors (Lipinski definition) is 3. The second-order valence-electron chi connectivity index (χ2n) is 5.64. The topological polar surface area (TPSA) is 68.3 Å². The first kappa shape index (κ1) is 17.6. The van der Waals surface area contributed by atoms with Gasteiger partial charge in [0.15, 0.2) is 0 Å². The van der Waals surface area contributed by atoms with E-state index in [-0.39, 0.29) is 0 Å². The molecule has 0 atom stereocenters. The Morgan fingerprint density at radius 1 is 1.04 bits per heavy atom. The molecule has 0 unspecified atom stereocenters. The van der Waals surface area contributed by atoms with Gasteiger partial charge < -0.3 is 15.5 Å². The zero-order valence-electron chi connectivity index (χ0n) is 13.5. The van der Waals surface area contributed by atoms with E-state index in [1.54, 1.807) is 42.5 Å². The third kappa shape index (κ3) is 4.05. The van der Waals surface area contributed by atoms with Crippen molar-refractivity contribution in [2.24, 2.45) is 5.73 Å². The maximum absolute atomic E-state index is 12.8. The molecule has 134 valence electrons. The molecule has 3 N–H and O–H groups in total. The van der Waals surface area contributed by atoms with Crippen LogP contribution in [0.1, 0.15) is 21.7 Å². The Kier molecular flexibility index (Phi) is 4.71. The maximum Gasteiger partial charge on any atom is 0.416 e. The van der Waals surface area contributed by atoms with Crippen molar-refractivity contribution in [1.29, 1.82) is 0 Å². The second kappa shape index (κ2) is 6.95. The number of anilines is 1. The molecule has 26 heavy (non-hydrogen) atoms. The summed E-state index contributed by atoms with van der Waals surface area (Å²) in [6.07, 6.45) is -4.40. The molecule has 0 saturated carbocycles. The van der Waals surface area contributed by atoms with Crippen molar-refractivity contribution in [3.05, 3.63) is 77.6 Å². The van der Waals surface area contributed by atoms with Crippen LogP contribution in [0.2, 0.25) is 0 Å². The van der Waals surface area contributed by atoms with Gasteiger partial charge in [0.1, 0.15) is 11.5 Å². The second-order valence-corrected chi connectivity index (χ2v) is 5.64. The lowest BCUT2D eigenvalue weighted by molar-refractivity contribution is -0.137. The van der Waals surface area contributed by atoms with Gasteiger partial charge in [-0.25, -0.2) is 0 Å². The Morgan fingerprint density at radius 2 is 1.81 bits per heavy atom. The van der Waals surface area contributed by atoms with E-state index >= 15 is 0 Å². The van der Waals surface area contributed by atoms with E-state index in [2.05, 4.69) is 5.32 Å². The third-order valence-corrected chi connectivity index (χ3v) is 3.75. The van der Waals surface area contributed by atoms with Crippen LogP contribution in [-0.2, 0) is 12.7 Å². The summed E-state index contributed by atoms with van der Waals surface area (Å²) in [6.45, 7) is 0.307. The fourth-order valence-electron chi connectivity index (χ4n) is 2.45. The monoisotopic (exact) mass is 360 g/mol. The molecule has 0 radical (unpaired) electrons. The number of amides is 1. The zero-order valence-corrected chi connectivity index (χ0v) is 13.5. The number of halogens is 3. The Balaban J connectivity index is 1.73. The molecule has 0 aliphatic carbocycles. The Bertz CT molecular complexity index is 932. The van der Waals surface area contributed by atoms with Gasteiger partial charge in [-0.05, 0) is 42.5 Å². The molecule has 0 aliphatic rings. The Labute approximate surface area is 147 Å². The van der Waals surface area contributed by atoms with Crippen LogP contribution in [0, 0.1) is 0 Å². The highest BCUT2D eigenvalue weighted by Crippen LogP contribution is 2.32. The Hall–Kier alpha value is -3.22. The van der Waals surface area contributed by atoms with Gasteiger partial charge >= 0.3 is 6.18 Å². The first-order valence-electron chi connectivity index (χ1n) is 7.73. The first-order valence-corrected chi connectivity index (χ1v) is 7.73. The summed E-state index contributed by atoms with van der Waals surface area (Å²) in [5.41, 5.74) is 5.91. The number of hydrogen-bond donors (Lipinski definition) is 2. The van der Waals surface area contributed by atoms with Crippen molar-refractivity contribution in [3.8, 4) is 11.3 Å². The number of carbonyl (C=O) groups excluding carboxylic acids is 1. The number of carbonyl (C=O) groups is 1. The number of primary amides is 1. The smallest absolute Gasteiger partial charge is 0.416 e. The molecule has 2 aromatic carbocycles. The van der Waals surface area contributed by atoms with E-state index in [0.29, 0.717) is 34.9 Å². The lowest BCUT2D eigenvalue weighted by Gasteiger charge is -2.07. The van der Waals surface area contributed by atoms with Gasteiger partial charge in [-0.2, -0.15) is 13.2 Å². The molecule has 1 heterocycles. The van der Waals surface area contributed by atoms with Crippen molar-refractivity contribution in [1.82, 2.24) is 0 Å². The number of benzene rings is 2. The van der Waals surface area contributed by atoms with E-state index < -0.39 is 17.6 Å². The summed E-state index contributed by atoms with van der Waals surface area (Å²) in [4.78, 5) is 11.2. The lowest BCUT2D eigenvalue weighted by atomic mass is 10.1. The molecular weight excluding hydrogens is 345 g/mol. The molecule has 4 nitrogen and oxygen atoms in total. The van der Waals surface area contributed by atoms with Crippen molar-refractivity contribution < 1.29 is 22.4 Å². The van der Waals surface area contributed by atoms with Gasteiger partial charge in [-0.3, -0.25) is 4.79 Å². The van der Waals surface area contributed by atoms with Crippen LogP contribution in [0.25, 0.3) is 11.3 Å². The van der Waals surface area contributed by atoms with Crippen LogP contribution in [0.5, 0.6) is 0 Å². The van der Waals surface area contributed by atoms with Gasteiger partial charge in [-0.1, -0.05) is 18.2 Å². The minimum Gasteiger partial charge on any atom is -0.459 e. The van der Waals surface area contributed by atoms with Crippen LogP contribution in [0.4, 0.5) is 18.9 Å². The molecule has 7 heteroatoms. The summed E-state index contributed by atoms with van der Waals surface area (Å²) in [5, 5.41) is 3.08. The molecule has 0 aliphatic heterocycles. The van der Waals surface area contributed by atoms with Gasteiger partial charge in [0.25, 0.3) is 0 Å². The maximum atomic E-state index is 12.8. The van der Waals surface area contributed by atoms with Gasteiger partial charge in [0.05, 0.1) is 12.1 Å². The van der Waals surface area contributed by atoms with Crippen LogP contribution in [0.3, 0.4) is 0 Å². The SMILES string of the molecule is NC(=O)c1cccc(NCc2ccc(-c3cccc(C(F)(F)F)c3)o2)c1. The predicted octanol–water partition coefficient (Wildman–Crippen LogP) is 4.68. The minimum atomic E-state index is -4.40. The molecule has 3 aromatic rings. The number of furan rings is 1. The normalized spacial score (nSPS) is 11.3. The van der Waals surface area contributed by atoms with E-state index in [1.165, 1.54) is 6.07 Å². The highest BCUT2D eigenvalue weighted by Gasteiger charge is 2.30. The van der Waals surface area contributed by atoms with E-state index in [0.717, 1.165) is 12.1 Å². The average molecular weight is 360 g/mol. The average Bonchev–Trinajstić information content (AvgIpc) is 3.09. The summed E-state index contributed by atoms with van der Waals surface area (Å²) in [5.74, 6) is 0.360. The number of rotatable bonds is 5. The highest BCUT2D eigenvalue weighted by molar-refractivity contribution is 5.93. The summed E-state index contributed by atoms with van der Waals surface area (Å²) < 4.78 is 44.1. The van der Waals surface area contributed by atoms with E-state index in [9.17, 15) is 18.0 Å². The van der Waals surface area contributed by atoms with Gasteiger partial charge in [-0.15, -0.1) is 0 Å². The summed E-state index contributed by atoms with van der Waals surface area (Å²) in [7, 11) is 0. The fourth-order valence-corrected chi connectivity index (χ4v) is 2.45. The fraction of sp³-hybridized carbons (Fsp3) is 0.105. The van der Waals surface area contributed by atoms with Crippen molar-refractivity contribution >= 4 is 11.6 Å². The minimum absolute atomic E-state index is 0.307. The third-order valence-electron chi connectivity index (χ3n) is 3.75. The molecule has 3 rings (SSSR count). The van der Waals surface area contributed by atoms with Gasteiger partial charge in [0.2, 0.25) is 5.91 Å². The number of nitrogens with two attached hydrogens (primary N) is 1. The molecular formula is C19H15F3N2O2. The number of alkyl halides is 3. The van der Waals surface area contributed by atoms with Crippen molar-refractivity contribution in [2.75, 3.05) is 5.32 Å². The lowest BCUT2D eigenvalue weighted by Crippen LogP contribution is -2.11. The van der Waals surface area contributed by atoms with Crippen molar-refractivity contribution in [3.63, 3.8) is 0 Å². The zero-order chi connectivity index (χ0) is 18.7. The molecule has 1 aromatic heterocycles. The van der Waals surface area contributed by atoms with Crippen molar-refractivity contribution in [2.45, 2.75) is 12.7 Å². The summed E-state index contributed by atoms with van der Waals surface area (Å²) in [6, 6.07) is 14.9. The standard InChI is InChI=1S/C19H15F3N2O2/c20-19(21,22)14-5-1-3-12(9-14)17-8-7-16(26-17)11-24-15-6-2-4-13(10-15)18(23)25/h1-10,24H,11H2,(H2,23,25). The quantitative estimate of drug-likeness (QED) is 0.694. The number of nitrogens with one attached hydrogen (secondary N) is 1. The van der Waals surface area contributed by atoms with Crippen LogP contribution in [0.15, 0.2) is 65.1 Å². The Morgan fingerprint density at radius 3 is 2.54 bits per heavy atom. The predicted molar refractivity (Wildman–Crippen MR) is 91.4 cm³/mol. The van der Waals surface area contributed by atoms with Crippen LogP contribution >= 0.6 is 0 Å². The van der Waals surface area contributed by atoms with E-state index in [4.69, 9.17) is 10.2 Å². The van der Waals surface area contributed by atoms with Crippen LogP contribution < -0.4 is 11.1 Å². The summed E-state index contributed by atoms with van der Waals surface area (Å²) >= 11 is 0. The molecule has 0 spiro atoms. The van der Waals surface area contributed by atoms with E-state index in [1.807, 2.05) is 0 Å². The van der Waals surface area contributed by atoms with Gasteiger partial charge in [0, 0.05) is 16.8 Å². The largest absolute Gasteiger partial charge is 0.459 e. The molecule has 0 bridgehead atoms.